The SMILES string of the molecule is C=CC(=O)OCCOc1ccc(N=Nc2ccc(N=Nc3ccc(N=Nc4ccc5cc(S(=O)(=O)O)c(CCCCC)cc5c4O)c4cc(S(=O)(=O)O)ccc34)c3cc(S(=O)(=O)O)ccc23)cc1. The highest BCUT2D eigenvalue weighted by molar-refractivity contribution is 7.86. The van der Waals surface area contributed by atoms with E-state index in [0.717, 1.165) is 31.1 Å². The van der Waals surface area contributed by atoms with Crippen molar-refractivity contribution in [3.05, 3.63) is 127 Å². The van der Waals surface area contributed by atoms with Gasteiger partial charge in [0.15, 0.2) is 5.75 Å². The number of fused-ring (bicyclic) bond motifs is 3. The molecule has 0 atom stereocenters. The average Bonchev–Trinajstić information content (AvgIpc) is 3.30. The van der Waals surface area contributed by atoms with E-state index in [1.165, 1.54) is 66.7 Å². The van der Waals surface area contributed by atoms with Crippen LogP contribution >= 0.6 is 0 Å². The quantitative estimate of drug-likeness (QED) is 0.0205. The van der Waals surface area contributed by atoms with Gasteiger partial charge >= 0.3 is 5.97 Å². The van der Waals surface area contributed by atoms with Crippen LogP contribution in [0.2, 0.25) is 0 Å². The second-order valence-corrected chi connectivity index (χ2v) is 19.2. The van der Waals surface area contributed by atoms with E-state index in [9.17, 15) is 48.8 Å². The molecule has 0 saturated carbocycles. The van der Waals surface area contributed by atoms with Crippen molar-refractivity contribution in [1.82, 2.24) is 0 Å². The molecule has 350 valence electrons. The summed E-state index contributed by atoms with van der Waals surface area (Å²) in [6.07, 6.45) is 3.69. The van der Waals surface area contributed by atoms with Crippen molar-refractivity contribution in [3.8, 4) is 11.5 Å². The summed E-state index contributed by atoms with van der Waals surface area (Å²) >= 11 is 0. The van der Waals surface area contributed by atoms with Gasteiger partial charge in [-0.2, -0.15) is 30.4 Å². The number of phenolic OH excluding ortho intramolecular Hbond substituents is 1. The van der Waals surface area contributed by atoms with Gasteiger partial charge in [0.25, 0.3) is 30.4 Å². The number of aromatic hydroxyl groups is 1. The number of phenols is 1. The number of ether oxygens (including phenoxy) is 2. The van der Waals surface area contributed by atoms with Gasteiger partial charge in [-0.05, 0) is 115 Å². The zero-order valence-electron chi connectivity index (χ0n) is 35.8. The van der Waals surface area contributed by atoms with Crippen LogP contribution in [-0.4, -0.2) is 63.2 Å². The predicted molar refractivity (Wildman–Crippen MR) is 252 cm³/mol. The van der Waals surface area contributed by atoms with Gasteiger partial charge in [-0.15, -0.1) is 25.6 Å². The lowest BCUT2D eigenvalue weighted by Crippen LogP contribution is -2.09. The molecule has 22 heteroatoms. The first-order valence-electron chi connectivity index (χ1n) is 20.5. The minimum atomic E-state index is -4.72. The van der Waals surface area contributed by atoms with Crippen LogP contribution in [0.3, 0.4) is 0 Å². The van der Waals surface area contributed by atoms with Crippen LogP contribution in [-0.2, 0) is 46.3 Å². The number of hydrogen-bond acceptors (Lipinski definition) is 16. The number of nitrogens with zero attached hydrogens (tertiary/aromatic N) is 6. The van der Waals surface area contributed by atoms with E-state index in [4.69, 9.17) is 9.47 Å². The van der Waals surface area contributed by atoms with Crippen molar-refractivity contribution >= 4 is 103 Å². The number of unbranched alkanes of at least 4 members (excludes halogenated alkanes) is 2. The standard InChI is InChI=1S/C46H40N6O13S3/c1-3-5-6-7-29-24-36-28(25-44(29)68(61,62)63)8-17-43(46(36)54)52-51-42-21-19-40(35-16-14-33(27-38(35)42)67(58,59)60)49-50-41-20-18-39(34-15-13-32(26-37(34)41)66(55,56)57)48-47-30-9-11-31(12-10-30)64-22-23-65-45(53)4-2/h4,8-21,24-27,54H,2-3,5-7,22-23H2,1H3,(H,55,56,57)(H,58,59,60)(H,61,62,63). The summed E-state index contributed by atoms with van der Waals surface area (Å²) in [5.74, 6) is -0.419. The first-order chi connectivity index (χ1) is 32.3. The Labute approximate surface area is 389 Å². The Hall–Kier alpha value is -7.34. The molecule has 0 bridgehead atoms. The highest BCUT2D eigenvalue weighted by Gasteiger charge is 2.20. The second kappa shape index (κ2) is 20.3. The molecule has 7 rings (SSSR count). The van der Waals surface area contributed by atoms with E-state index >= 15 is 0 Å². The number of esters is 1. The minimum absolute atomic E-state index is 0.0245. The van der Waals surface area contributed by atoms with Crippen molar-refractivity contribution in [2.45, 2.75) is 47.3 Å². The summed E-state index contributed by atoms with van der Waals surface area (Å²) in [7, 11) is -14.0. The molecule has 68 heavy (non-hydrogen) atoms. The molecule has 0 spiro atoms. The predicted octanol–water partition coefficient (Wildman–Crippen LogP) is 11.7. The van der Waals surface area contributed by atoms with Crippen molar-refractivity contribution in [3.63, 3.8) is 0 Å². The third-order valence-electron chi connectivity index (χ3n) is 10.4. The fourth-order valence-corrected chi connectivity index (χ4v) is 8.79. The van der Waals surface area contributed by atoms with Crippen molar-refractivity contribution < 1.29 is 58.3 Å². The molecule has 0 aliphatic carbocycles. The van der Waals surface area contributed by atoms with Crippen molar-refractivity contribution in [2.24, 2.45) is 30.7 Å². The number of rotatable bonds is 18. The Morgan fingerprint density at radius 1 is 0.574 bits per heavy atom. The molecule has 0 heterocycles. The normalized spacial score (nSPS) is 12.5. The molecule has 0 aliphatic heterocycles. The summed E-state index contributed by atoms with van der Waals surface area (Å²) in [5.41, 5.74) is 1.42. The maximum Gasteiger partial charge on any atom is 0.330 e. The van der Waals surface area contributed by atoms with Gasteiger partial charge in [0.2, 0.25) is 0 Å². The Morgan fingerprint density at radius 3 is 1.60 bits per heavy atom. The first kappa shape index (κ1) is 48.6. The lowest BCUT2D eigenvalue weighted by atomic mass is 10.0. The van der Waals surface area contributed by atoms with E-state index < -0.39 is 46.1 Å². The molecule has 0 aliphatic rings. The number of carbonyl (C=O) groups excluding carboxylic acids is 1. The maximum atomic E-state index is 12.3. The molecule has 0 saturated heterocycles. The zero-order chi connectivity index (χ0) is 48.8. The van der Waals surface area contributed by atoms with Gasteiger partial charge in [0.05, 0.1) is 43.1 Å². The highest BCUT2D eigenvalue weighted by Crippen LogP contribution is 2.42. The molecule has 0 unspecified atom stereocenters. The first-order valence-corrected chi connectivity index (χ1v) is 24.8. The van der Waals surface area contributed by atoms with E-state index in [-0.39, 0.29) is 68.2 Å². The zero-order valence-corrected chi connectivity index (χ0v) is 38.2. The molecule has 7 aromatic carbocycles. The molecular weight excluding hydrogens is 941 g/mol. The van der Waals surface area contributed by atoms with Crippen LogP contribution in [0.5, 0.6) is 11.5 Å². The molecular formula is C46H40N6O13S3. The summed E-state index contributed by atoms with van der Waals surface area (Å²) in [4.78, 5) is 10.0. The fraction of sp³-hybridized carbons (Fsp3) is 0.152. The van der Waals surface area contributed by atoms with Gasteiger partial charge in [0, 0.05) is 33.0 Å². The van der Waals surface area contributed by atoms with Gasteiger partial charge < -0.3 is 14.6 Å². The summed E-state index contributed by atoms with van der Waals surface area (Å²) in [5, 5.41) is 38.9. The Bertz CT molecular complexity index is 3570. The smallest absolute Gasteiger partial charge is 0.330 e. The van der Waals surface area contributed by atoms with Gasteiger partial charge in [-0.3, -0.25) is 13.7 Å². The van der Waals surface area contributed by atoms with Crippen LogP contribution in [0.1, 0.15) is 31.7 Å². The number of benzene rings is 7. The number of hydrogen-bond donors (Lipinski definition) is 4. The van der Waals surface area contributed by atoms with Crippen LogP contribution < -0.4 is 4.74 Å². The molecule has 19 nitrogen and oxygen atoms in total. The average molecular weight is 981 g/mol. The van der Waals surface area contributed by atoms with Crippen molar-refractivity contribution in [2.75, 3.05) is 13.2 Å². The van der Waals surface area contributed by atoms with Gasteiger partial charge in [-0.25, -0.2) is 4.79 Å². The lowest BCUT2D eigenvalue weighted by Gasteiger charge is -2.11. The third-order valence-corrected chi connectivity index (χ3v) is 13.0. The maximum absolute atomic E-state index is 12.3. The minimum Gasteiger partial charge on any atom is -0.505 e. The van der Waals surface area contributed by atoms with Crippen molar-refractivity contribution in [1.29, 1.82) is 0 Å². The number of carbonyl (C=O) groups is 1. The molecule has 7 aromatic rings. The summed E-state index contributed by atoms with van der Waals surface area (Å²) in [6, 6.07) is 25.6. The Balaban J connectivity index is 1.23. The lowest BCUT2D eigenvalue weighted by molar-refractivity contribution is -0.138. The second-order valence-electron chi connectivity index (χ2n) is 14.9. The molecule has 0 fully saturated rings. The largest absolute Gasteiger partial charge is 0.505 e. The van der Waals surface area contributed by atoms with Crippen LogP contribution in [0, 0.1) is 0 Å². The van der Waals surface area contributed by atoms with Crippen LogP contribution in [0.25, 0.3) is 32.3 Å². The summed E-state index contributed by atoms with van der Waals surface area (Å²) in [6.45, 7) is 5.45. The topological polar surface area (TPSA) is 293 Å². The Morgan fingerprint density at radius 2 is 1.09 bits per heavy atom. The van der Waals surface area contributed by atoms with E-state index in [0.29, 0.717) is 46.3 Å². The molecule has 4 N–H and O–H groups in total. The van der Waals surface area contributed by atoms with Gasteiger partial charge in [0.1, 0.15) is 24.7 Å². The number of aryl methyl sites for hydroxylation is 1. The molecule has 0 radical (unpaired) electrons. The van der Waals surface area contributed by atoms with E-state index in [1.807, 2.05) is 6.92 Å². The summed E-state index contributed by atoms with van der Waals surface area (Å²) < 4.78 is 114. The fourth-order valence-electron chi connectivity index (χ4n) is 7.01. The van der Waals surface area contributed by atoms with E-state index in [1.54, 1.807) is 30.3 Å². The molecule has 0 aromatic heterocycles. The highest BCUT2D eigenvalue weighted by atomic mass is 32.2. The van der Waals surface area contributed by atoms with Gasteiger partial charge in [-0.1, -0.05) is 44.5 Å². The number of azo groups is 3. The van der Waals surface area contributed by atoms with Crippen LogP contribution in [0.15, 0.2) is 167 Å². The molecule has 0 amide bonds. The third kappa shape index (κ3) is 11.4. The van der Waals surface area contributed by atoms with Crippen LogP contribution in [0.4, 0.5) is 34.1 Å². The Kier molecular flexibility index (Phi) is 14.5. The monoisotopic (exact) mass is 980 g/mol. The van der Waals surface area contributed by atoms with E-state index in [2.05, 4.69) is 37.3 Å².